The first-order valence-electron chi connectivity index (χ1n) is 7.38. The topological polar surface area (TPSA) is 46.9 Å². The molecule has 1 amide bonds. The molecule has 0 aliphatic heterocycles. The number of rotatable bonds is 5. The van der Waals surface area contributed by atoms with Gasteiger partial charge < -0.3 is 5.32 Å². The highest BCUT2D eigenvalue weighted by atomic mass is 35.5. The summed E-state index contributed by atoms with van der Waals surface area (Å²) in [4.78, 5) is 13.6. The number of thiophene rings is 1. The summed E-state index contributed by atoms with van der Waals surface area (Å²) in [5.41, 5.74) is 1.47. The number of carbonyl (C=O) groups is 1. The van der Waals surface area contributed by atoms with E-state index in [1.54, 1.807) is 30.4 Å². The molecule has 0 saturated carbocycles. The number of hydrogen-bond donors (Lipinski definition) is 1. The summed E-state index contributed by atoms with van der Waals surface area (Å²) in [5, 5.41) is 9.38. The highest BCUT2D eigenvalue weighted by Gasteiger charge is 2.20. The number of carbonyl (C=O) groups excluding carboxylic acids is 1. The minimum atomic E-state index is -0.342. The lowest BCUT2D eigenvalue weighted by atomic mass is 10.2. The zero-order chi connectivity index (χ0) is 17.1. The van der Waals surface area contributed by atoms with Crippen molar-refractivity contribution < 1.29 is 9.18 Å². The van der Waals surface area contributed by atoms with Crippen LogP contribution in [-0.2, 0) is 6.42 Å². The zero-order valence-electron chi connectivity index (χ0n) is 12.9. The maximum atomic E-state index is 13.0. The quantitative estimate of drug-likeness (QED) is 0.744. The highest BCUT2D eigenvalue weighted by molar-refractivity contribution is 7.09. The van der Waals surface area contributed by atoms with Gasteiger partial charge in [0.25, 0.3) is 5.91 Å². The number of aryl methyl sites for hydroxylation is 1. The monoisotopic (exact) mass is 363 g/mol. The predicted molar refractivity (Wildman–Crippen MR) is 93.6 cm³/mol. The van der Waals surface area contributed by atoms with E-state index in [2.05, 4.69) is 10.4 Å². The molecular formula is C17H15ClFN3OS. The fourth-order valence-electron chi connectivity index (χ4n) is 2.35. The zero-order valence-corrected chi connectivity index (χ0v) is 14.5. The van der Waals surface area contributed by atoms with Crippen LogP contribution in [0.2, 0.25) is 5.15 Å². The highest BCUT2D eigenvalue weighted by Crippen LogP contribution is 2.23. The summed E-state index contributed by atoms with van der Waals surface area (Å²) >= 11 is 7.98. The second-order valence-electron chi connectivity index (χ2n) is 5.22. The Hall–Kier alpha value is -2.18. The van der Waals surface area contributed by atoms with Crippen LogP contribution in [0.1, 0.15) is 20.9 Å². The first kappa shape index (κ1) is 16.7. The van der Waals surface area contributed by atoms with E-state index >= 15 is 0 Å². The molecule has 124 valence electrons. The Balaban J connectivity index is 1.75. The lowest BCUT2D eigenvalue weighted by Gasteiger charge is -2.05. The first-order chi connectivity index (χ1) is 11.6. The predicted octanol–water partition coefficient (Wildman–Crippen LogP) is 4.01. The van der Waals surface area contributed by atoms with Crippen LogP contribution in [0.4, 0.5) is 4.39 Å². The van der Waals surface area contributed by atoms with E-state index in [1.165, 1.54) is 21.7 Å². The average Bonchev–Trinajstić information content (AvgIpc) is 3.16. The van der Waals surface area contributed by atoms with Crippen LogP contribution in [0, 0.1) is 12.7 Å². The fourth-order valence-corrected chi connectivity index (χ4v) is 3.42. The molecule has 0 radical (unpaired) electrons. The molecule has 0 bridgehead atoms. The molecular weight excluding hydrogens is 349 g/mol. The van der Waals surface area contributed by atoms with Crippen molar-refractivity contribution in [2.45, 2.75) is 13.3 Å². The minimum Gasteiger partial charge on any atom is -0.352 e. The van der Waals surface area contributed by atoms with Gasteiger partial charge in [0.1, 0.15) is 11.0 Å². The summed E-state index contributed by atoms with van der Waals surface area (Å²) in [6, 6.07) is 9.78. The SMILES string of the molecule is Cc1nn(-c2ccc(F)cc2)c(Cl)c1C(=O)NCCc1cccs1. The van der Waals surface area contributed by atoms with Gasteiger partial charge in [-0.15, -0.1) is 11.3 Å². The molecule has 0 atom stereocenters. The van der Waals surface area contributed by atoms with Gasteiger partial charge in [-0.25, -0.2) is 9.07 Å². The third-order valence-corrected chi connectivity index (χ3v) is 4.82. The van der Waals surface area contributed by atoms with Crippen LogP contribution in [0.15, 0.2) is 41.8 Å². The number of halogens is 2. The minimum absolute atomic E-state index is 0.215. The number of nitrogens with one attached hydrogen (secondary N) is 1. The van der Waals surface area contributed by atoms with E-state index < -0.39 is 0 Å². The van der Waals surface area contributed by atoms with Crippen LogP contribution in [-0.4, -0.2) is 22.2 Å². The third-order valence-electron chi connectivity index (χ3n) is 3.54. The smallest absolute Gasteiger partial charge is 0.256 e. The van der Waals surface area contributed by atoms with Crippen molar-refractivity contribution in [3.63, 3.8) is 0 Å². The Morgan fingerprint density at radius 3 is 2.75 bits per heavy atom. The molecule has 0 saturated heterocycles. The van der Waals surface area contributed by atoms with Gasteiger partial charge in [0.15, 0.2) is 0 Å². The number of hydrogen-bond acceptors (Lipinski definition) is 3. The van der Waals surface area contributed by atoms with E-state index in [0.29, 0.717) is 23.5 Å². The van der Waals surface area contributed by atoms with Crippen molar-refractivity contribution in [1.29, 1.82) is 0 Å². The van der Waals surface area contributed by atoms with Gasteiger partial charge in [0.2, 0.25) is 0 Å². The Kier molecular flexibility index (Phi) is 4.97. The lowest BCUT2D eigenvalue weighted by Crippen LogP contribution is -2.26. The molecule has 0 fully saturated rings. The van der Waals surface area contributed by atoms with E-state index in [1.807, 2.05) is 17.5 Å². The van der Waals surface area contributed by atoms with Crippen molar-refractivity contribution in [2.75, 3.05) is 6.54 Å². The molecule has 2 aromatic heterocycles. The van der Waals surface area contributed by atoms with E-state index in [0.717, 1.165) is 6.42 Å². The maximum Gasteiger partial charge on any atom is 0.256 e. The first-order valence-corrected chi connectivity index (χ1v) is 8.63. The number of benzene rings is 1. The molecule has 0 aliphatic rings. The molecule has 0 aliphatic carbocycles. The van der Waals surface area contributed by atoms with Crippen LogP contribution in [0.5, 0.6) is 0 Å². The van der Waals surface area contributed by atoms with Gasteiger partial charge in [-0.1, -0.05) is 17.7 Å². The largest absolute Gasteiger partial charge is 0.352 e. The molecule has 1 N–H and O–H groups in total. The van der Waals surface area contributed by atoms with Crippen LogP contribution >= 0.6 is 22.9 Å². The molecule has 24 heavy (non-hydrogen) atoms. The second kappa shape index (κ2) is 7.15. The molecule has 3 aromatic rings. The van der Waals surface area contributed by atoms with E-state index in [-0.39, 0.29) is 16.9 Å². The Morgan fingerprint density at radius 2 is 2.08 bits per heavy atom. The Morgan fingerprint density at radius 1 is 1.33 bits per heavy atom. The molecule has 7 heteroatoms. The Labute approximate surface area is 147 Å². The average molecular weight is 364 g/mol. The number of aromatic nitrogens is 2. The van der Waals surface area contributed by atoms with Gasteiger partial charge in [-0.05, 0) is 49.1 Å². The van der Waals surface area contributed by atoms with Gasteiger partial charge in [0, 0.05) is 11.4 Å². The van der Waals surface area contributed by atoms with Crippen molar-refractivity contribution in [2.24, 2.45) is 0 Å². The standard InChI is InChI=1S/C17H15ClFN3OS/c1-11-15(17(23)20-9-8-14-3-2-10-24-14)16(18)22(21-11)13-6-4-12(19)5-7-13/h2-7,10H,8-9H2,1H3,(H,20,23). The third kappa shape index (κ3) is 3.49. The summed E-state index contributed by atoms with van der Waals surface area (Å²) in [6.45, 7) is 2.25. The van der Waals surface area contributed by atoms with Gasteiger partial charge in [-0.2, -0.15) is 5.10 Å². The van der Waals surface area contributed by atoms with Crippen LogP contribution < -0.4 is 5.32 Å². The van der Waals surface area contributed by atoms with Crippen molar-refractivity contribution >= 4 is 28.8 Å². The second-order valence-corrected chi connectivity index (χ2v) is 6.61. The molecule has 2 heterocycles. The van der Waals surface area contributed by atoms with Gasteiger partial charge in [0.05, 0.1) is 16.9 Å². The lowest BCUT2D eigenvalue weighted by molar-refractivity contribution is 0.0953. The van der Waals surface area contributed by atoms with E-state index in [4.69, 9.17) is 11.6 Å². The summed E-state index contributed by atoms with van der Waals surface area (Å²) in [6.07, 6.45) is 0.770. The van der Waals surface area contributed by atoms with Crippen molar-refractivity contribution in [3.8, 4) is 5.69 Å². The maximum absolute atomic E-state index is 13.0. The molecule has 4 nitrogen and oxygen atoms in total. The molecule has 3 rings (SSSR count). The van der Waals surface area contributed by atoms with E-state index in [9.17, 15) is 9.18 Å². The summed E-state index contributed by atoms with van der Waals surface area (Å²) < 4.78 is 14.5. The van der Waals surface area contributed by atoms with Gasteiger partial charge >= 0.3 is 0 Å². The normalized spacial score (nSPS) is 10.8. The number of nitrogens with zero attached hydrogens (tertiary/aromatic N) is 2. The van der Waals surface area contributed by atoms with Crippen molar-refractivity contribution in [3.05, 3.63) is 68.9 Å². The fraction of sp³-hybridized carbons (Fsp3) is 0.176. The van der Waals surface area contributed by atoms with Crippen LogP contribution in [0.25, 0.3) is 5.69 Å². The van der Waals surface area contributed by atoms with Crippen molar-refractivity contribution in [1.82, 2.24) is 15.1 Å². The molecule has 0 spiro atoms. The summed E-state index contributed by atoms with van der Waals surface area (Å²) in [5.74, 6) is -0.604. The molecule has 1 aromatic carbocycles. The number of amides is 1. The molecule has 0 unspecified atom stereocenters. The van der Waals surface area contributed by atoms with Gasteiger partial charge in [-0.3, -0.25) is 4.79 Å². The Bertz CT molecular complexity index is 844. The van der Waals surface area contributed by atoms with Crippen LogP contribution in [0.3, 0.4) is 0 Å². The summed E-state index contributed by atoms with van der Waals surface area (Å²) in [7, 11) is 0.